The molecule has 0 amide bonds. The van der Waals surface area contributed by atoms with Gasteiger partial charge in [-0.3, -0.25) is 4.99 Å². The Morgan fingerprint density at radius 1 is 0.720 bits per heavy atom. The lowest BCUT2D eigenvalue weighted by molar-refractivity contribution is 0.243. The number of aliphatic imine (C=N–C) groups is 1. The van der Waals surface area contributed by atoms with E-state index in [1.807, 2.05) is 66.7 Å². The molecule has 0 aromatic heterocycles. The van der Waals surface area contributed by atoms with Crippen molar-refractivity contribution < 1.29 is 5.11 Å². The molecule has 4 rings (SSSR count). The Bertz CT molecular complexity index is 847. The summed E-state index contributed by atoms with van der Waals surface area (Å²) in [6.07, 6.45) is -0.749. The zero-order chi connectivity index (χ0) is 17.1. The van der Waals surface area contributed by atoms with Gasteiger partial charge in [-0.1, -0.05) is 91.0 Å². The third-order valence-corrected chi connectivity index (χ3v) is 4.57. The van der Waals surface area contributed by atoms with Gasteiger partial charge in [0.2, 0.25) is 0 Å². The molecule has 0 radical (unpaired) electrons. The van der Waals surface area contributed by atoms with Crippen molar-refractivity contribution in [2.24, 2.45) is 4.99 Å². The first-order valence-corrected chi connectivity index (χ1v) is 8.50. The van der Waals surface area contributed by atoms with E-state index >= 15 is 0 Å². The minimum absolute atomic E-state index is 0.0111. The Kier molecular flexibility index (Phi) is 4.32. The smallest absolute Gasteiger partial charge is 0.136 e. The quantitative estimate of drug-likeness (QED) is 0.754. The SMILES string of the molecule is OC(C1=N[C@H](c2ccccc2)[C@H](c2ccccc2)N1)c1ccccc1. The van der Waals surface area contributed by atoms with Crippen molar-refractivity contribution >= 4 is 5.84 Å². The van der Waals surface area contributed by atoms with Crippen LogP contribution in [0.3, 0.4) is 0 Å². The monoisotopic (exact) mass is 328 g/mol. The molecule has 1 heterocycles. The van der Waals surface area contributed by atoms with E-state index in [4.69, 9.17) is 4.99 Å². The third kappa shape index (κ3) is 3.19. The number of hydrogen-bond acceptors (Lipinski definition) is 3. The highest BCUT2D eigenvalue weighted by molar-refractivity contribution is 5.89. The van der Waals surface area contributed by atoms with E-state index in [9.17, 15) is 5.11 Å². The molecular weight excluding hydrogens is 308 g/mol. The fraction of sp³-hybridized carbons (Fsp3) is 0.136. The van der Waals surface area contributed by atoms with Crippen molar-refractivity contribution in [1.29, 1.82) is 0 Å². The van der Waals surface area contributed by atoms with Gasteiger partial charge in [0, 0.05) is 0 Å². The first kappa shape index (κ1) is 15.6. The molecule has 1 aliphatic heterocycles. The average molecular weight is 328 g/mol. The molecule has 0 saturated heterocycles. The molecule has 1 unspecified atom stereocenters. The summed E-state index contributed by atoms with van der Waals surface area (Å²) in [5, 5.41) is 14.2. The number of nitrogens with zero attached hydrogens (tertiary/aromatic N) is 1. The normalized spacial score (nSPS) is 20.6. The van der Waals surface area contributed by atoms with Gasteiger partial charge in [0.05, 0.1) is 6.04 Å². The van der Waals surface area contributed by atoms with Crippen molar-refractivity contribution in [3.63, 3.8) is 0 Å². The number of aliphatic hydroxyl groups excluding tert-OH is 1. The van der Waals surface area contributed by atoms with Crippen molar-refractivity contribution in [3.8, 4) is 0 Å². The van der Waals surface area contributed by atoms with Crippen molar-refractivity contribution in [3.05, 3.63) is 108 Å². The molecule has 2 N–H and O–H groups in total. The second-order valence-corrected chi connectivity index (χ2v) is 6.22. The molecule has 0 fully saturated rings. The first-order chi connectivity index (χ1) is 12.3. The molecular formula is C22H20N2O. The Labute approximate surface area is 147 Å². The summed E-state index contributed by atoms with van der Waals surface area (Å²) in [6.45, 7) is 0. The largest absolute Gasteiger partial charge is 0.380 e. The van der Waals surface area contributed by atoms with Crippen molar-refractivity contribution in [1.82, 2.24) is 5.32 Å². The maximum absolute atomic E-state index is 10.8. The third-order valence-electron chi connectivity index (χ3n) is 4.57. The van der Waals surface area contributed by atoms with Crippen LogP contribution in [0.1, 0.15) is 34.9 Å². The van der Waals surface area contributed by atoms with Crippen LogP contribution in [0, 0.1) is 0 Å². The van der Waals surface area contributed by atoms with Crippen LogP contribution >= 0.6 is 0 Å². The van der Waals surface area contributed by atoms with E-state index < -0.39 is 6.10 Å². The van der Waals surface area contributed by atoms with Gasteiger partial charge in [0.1, 0.15) is 18.0 Å². The molecule has 0 spiro atoms. The van der Waals surface area contributed by atoms with Crippen LogP contribution in [0.15, 0.2) is 96.0 Å². The first-order valence-electron chi connectivity index (χ1n) is 8.50. The minimum atomic E-state index is -0.749. The molecule has 0 aliphatic carbocycles. The molecule has 124 valence electrons. The Hall–Kier alpha value is -2.91. The fourth-order valence-corrected chi connectivity index (χ4v) is 3.29. The number of hydrogen-bond donors (Lipinski definition) is 2. The summed E-state index contributed by atoms with van der Waals surface area (Å²) in [5.74, 6) is 0.619. The van der Waals surface area contributed by atoms with E-state index in [-0.39, 0.29) is 12.1 Å². The number of rotatable bonds is 4. The molecule has 3 heteroatoms. The van der Waals surface area contributed by atoms with E-state index in [1.54, 1.807) is 0 Å². The van der Waals surface area contributed by atoms with E-state index in [0.717, 1.165) is 16.7 Å². The Morgan fingerprint density at radius 3 is 1.84 bits per heavy atom. The predicted octanol–water partition coefficient (Wildman–Crippen LogP) is 4.20. The summed E-state index contributed by atoms with van der Waals surface area (Å²) < 4.78 is 0. The van der Waals surface area contributed by atoms with Crippen LogP contribution < -0.4 is 5.32 Å². The van der Waals surface area contributed by atoms with Crippen LogP contribution in [0.5, 0.6) is 0 Å². The van der Waals surface area contributed by atoms with Gasteiger partial charge in [-0.15, -0.1) is 0 Å². The molecule has 0 bridgehead atoms. The summed E-state index contributed by atoms with van der Waals surface area (Å²) in [5.41, 5.74) is 3.14. The maximum atomic E-state index is 10.8. The molecule has 0 saturated carbocycles. The van der Waals surface area contributed by atoms with Gasteiger partial charge < -0.3 is 10.4 Å². The molecule has 1 aliphatic rings. The van der Waals surface area contributed by atoms with Crippen molar-refractivity contribution in [2.45, 2.75) is 18.2 Å². The lowest BCUT2D eigenvalue weighted by Gasteiger charge is -2.20. The number of amidine groups is 1. The highest BCUT2D eigenvalue weighted by Crippen LogP contribution is 2.37. The number of aliphatic hydroxyl groups is 1. The maximum Gasteiger partial charge on any atom is 0.136 e. The number of benzene rings is 3. The summed E-state index contributed by atoms with van der Waals surface area (Å²) in [7, 11) is 0. The zero-order valence-corrected chi connectivity index (χ0v) is 13.8. The topological polar surface area (TPSA) is 44.6 Å². The lowest BCUT2D eigenvalue weighted by atomic mass is 9.95. The summed E-state index contributed by atoms with van der Waals surface area (Å²) in [4.78, 5) is 4.85. The highest BCUT2D eigenvalue weighted by atomic mass is 16.3. The molecule has 25 heavy (non-hydrogen) atoms. The summed E-state index contributed by atoms with van der Waals surface area (Å²) >= 11 is 0. The molecule has 3 atom stereocenters. The van der Waals surface area contributed by atoms with E-state index in [2.05, 4.69) is 29.6 Å². The zero-order valence-electron chi connectivity index (χ0n) is 13.8. The predicted molar refractivity (Wildman–Crippen MR) is 100 cm³/mol. The highest BCUT2D eigenvalue weighted by Gasteiger charge is 2.33. The van der Waals surface area contributed by atoms with Gasteiger partial charge in [-0.05, 0) is 16.7 Å². The van der Waals surface area contributed by atoms with Gasteiger partial charge in [0.25, 0.3) is 0 Å². The summed E-state index contributed by atoms with van der Waals surface area (Å²) in [6, 6.07) is 30.1. The van der Waals surface area contributed by atoms with Crippen molar-refractivity contribution in [2.75, 3.05) is 0 Å². The van der Waals surface area contributed by atoms with Crippen LogP contribution in [0.2, 0.25) is 0 Å². The minimum Gasteiger partial charge on any atom is -0.380 e. The second kappa shape index (κ2) is 6.91. The average Bonchev–Trinajstić information content (AvgIpc) is 3.15. The Balaban J connectivity index is 1.70. The van der Waals surface area contributed by atoms with Gasteiger partial charge >= 0.3 is 0 Å². The molecule has 3 aromatic carbocycles. The lowest BCUT2D eigenvalue weighted by Crippen LogP contribution is -2.28. The Morgan fingerprint density at radius 2 is 1.24 bits per heavy atom. The van der Waals surface area contributed by atoms with Crippen LogP contribution in [0.4, 0.5) is 0 Å². The van der Waals surface area contributed by atoms with E-state index in [0.29, 0.717) is 5.84 Å². The second-order valence-electron chi connectivity index (χ2n) is 6.22. The molecule has 3 aromatic rings. The van der Waals surface area contributed by atoms with Gasteiger partial charge in [0.15, 0.2) is 0 Å². The fourth-order valence-electron chi connectivity index (χ4n) is 3.29. The van der Waals surface area contributed by atoms with Crippen LogP contribution in [-0.4, -0.2) is 10.9 Å². The number of nitrogens with one attached hydrogen (secondary N) is 1. The van der Waals surface area contributed by atoms with E-state index in [1.165, 1.54) is 0 Å². The van der Waals surface area contributed by atoms with Crippen LogP contribution in [0.25, 0.3) is 0 Å². The van der Waals surface area contributed by atoms with Crippen LogP contribution in [-0.2, 0) is 0 Å². The molecule has 3 nitrogen and oxygen atoms in total. The standard InChI is InChI=1S/C22H20N2O/c25-21(18-14-8-3-9-15-18)22-23-19(16-10-4-1-5-11-16)20(24-22)17-12-6-2-7-13-17/h1-15,19-21,25H,(H,23,24)/t19-,20+,21?. The van der Waals surface area contributed by atoms with Gasteiger partial charge in [-0.25, -0.2) is 0 Å². The van der Waals surface area contributed by atoms with Gasteiger partial charge in [-0.2, -0.15) is 0 Å².